The fraction of sp³-hybridized carbons (Fsp3) is 0.944. The predicted molar refractivity (Wildman–Crippen MR) is 102 cm³/mol. The molecule has 1 saturated carbocycles. The van der Waals surface area contributed by atoms with E-state index < -0.39 is 54.3 Å². The minimum absolute atomic E-state index is 0.0764. The highest BCUT2D eigenvalue weighted by Gasteiger charge is 2.49. The van der Waals surface area contributed by atoms with Crippen LogP contribution in [-0.4, -0.2) is 108 Å². The Balaban J connectivity index is 1.68. The van der Waals surface area contributed by atoms with E-state index in [1.807, 2.05) is 0 Å². The number of carbonyl (C=O) groups excluding carboxylic acids is 1. The van der Waals surface area contributed by atoms with Gasteiger partial charge in [-0.15, -0.1) is 0 Å². The van der Waals surface area contributed by atoms with E-state index in [1.54, 1.807) is 14.0 Å². The first kappa shape index (κ1) is 22.8. The molecule has 0 bridgehead atoms. The number of amides is 1. The Morgan fingerprint density at radius 1 is 1.34 bits per heavy atom. The van der Waals surface area contributed by atoms with Crippen molar-refractivity contribution in [3.63, 3.8) is 0 Å². The van der Waals surface area contributed by atoms with Crippen molar-refractivity contribution in [1.82, 2.24) is 16.0 Å². The average Bonchev–Trinajstić information content (AvgIpc) is 2.58. The van der Waals surface area contributed by atoms with Crippen LogP contribution in [0.25, 0.3) is 0 Å². The molecule has 0 radical (unpaired) electrons. The zero-order valence-electron chi connectivity index (χ0n) is 16.8. The summed E-state index contributed by atoms with van der Waals surface area (Å²) in [7, 11) is 1.61. The van der Waals surface area contributed by atoms with Crippen molar-refractivity contribution < 1.29 is 34.7 Å². The molecule has 1 unspecified atom stereocenters. The van der Waals surface area contributed by atoms with E-state index in [4.69, 9.17) is 15.2 Å². The van der Waals surface area contributed by atoms with E-state index in [-0.39, 0.29) is 25.0 Å². The van der Waals surface area contributed by atoms with E-state index >= 15 is 0 Å². The molecule has 168 valence electrons. The van der Waals surface area contributed by atoms with Crippen molar-refractivity contribution in [2.75, 3.05) is 26.7 Å². The summed E-state index contributed by atoms with van der Waals surface area (Å²) in [6.45, 7) is 2.60. The van der Waals surface area contributed by atoms with Crippen molar-refractivity contribution >= 4 is 5.91 Å². The highest BCUT2D eigenvalue weighted by molar-refractivity contribution is 5.81. The molecule has 9 atom stereocenters. The van der Waals surface area contributed by atoms with Crippen LogP contribution >= 0.6 is 0 Å². The van der Waals surface area contributed by atoms with Crippen molar-refractivity contribution in [3.8, 4) is 0 Å². The fourth-order valence-corrected chi connectivity index (χ4v) is 4.33. The highest BCUT2D eigenvalue weighted by atomic mass is 16.7. The lowest BCUT2D eigenvalue weighted by Gasteiger charge is -2.47. The Kier molecular flexibility index (Phi) is 7.14. The predicted octanol–water partition coefficient (Wildman–Crippen LogP) is -4.03. The fourth-order valence-electron chi connectivity index (χ4n) is 4.33. The Morgan fingerprint density at radius 2 is 2.03 bits per heavy atom. The summed E-state index contributed by atoms with van der Waals surface area (Å²) in [4.78, 5) is 12.5. The van der Waals surface area contributed by atoms with Gasteiger partial charge in [0.15, 0.2) is 6.29 Å². The standard InChI is InChI=1S/C18H34N4O7/c1-18(27)7-28-17(13(25)15(18)20-2)29-14-10(3-9(19)4-11(14)23)22-16(26)12(24)8-5-21-6-8/h8-15,17,20-21,23-25,27H,3-7,19H2,1-2H3,(H,22,26)/t9-,10+,11-,12?,13+,14-,15+,17+,18-/m0/s1. The number of carbonyl (C=O) groups is 1. The third-order valence-electron chi connectivity index (χ3n) is 6.17. The molecule has 2 saturated heterocycles. The maximum absolute atomic E-state index is 12.5. The molecule has 29 heavy (non-hydrogen) atoms. The van der Waals surface area contributed by atoms with Crippen molar-refractivity contribution in [1.29, 1.82) is 0 Å². The Labute approximate surface area is 169 Å². The number of likely N-dealkylation sites (N-methyl/N-ethyl adjacent to an activating group) is 1. The first-order valence-corrected chi connectivity index (χ1v) is 10.1. The minimum Gasteiger partial charge on any atom is -0.390 e. The summed E-state index contributed by atoms with van der Waals surface area (Å²) in [6, 6.07) is -1.71. The van der Waals surface area contributed by atoms with E-state index in [0.29, 0.717) is 19.5 Å². The summed E-state index contributed by atoms with van der Waals surface area (Å²) in [5.41, 5.74) is 4.71. The third-order valence-corrected chi connectivity index (χ3v) is 6.17. The first-order valence-electron chi connectivity index (χ1n) is 10.1. The van der Waals surface area contributed by atoms with Gasteiger partial charge in [0.1, 0.15) is 23.9 Å². The van der Waals surface area contributed by atoms with E-state index in [0.717, 1.165) is 0 Å². The number of nitrogens with two attached hydrogens (primary N) is 1. The summed E-state index contributed by atoms with van der Waals surface area (Å²) >= 11 is 0. The lowest BCUT2D eigenvalue weighted by atomic mass is 9.85. The van der Waals surface area contributed by atoms with Crippen LogP contribution in [0.1, 0.15) is 19.8 Å². The molecule has 9 N–H and O–H groups in total. The Morgan fingerprint density at radius 3 is 2.62 bits per heavy atom. The molecule has 11 nitrogen and oxygen atoms in total. The molecule has 0 aromatic heterocycles. The number of aliphatic hydroxyl groups excluding tert-OH is 3. The normalized spacial score (nSPS) is 44.7. The molecule has 2 aliphatic heterocycles. The van der Waals surface area contributed by atoms with Crippen LogP contribution in [0.3, 0.4) is 0 Å². The molecule has 0 aromatic carbocycles. The summed E-state index contributed by atoms with van der Waals surface area (Å²) in [6.07, 6.45) is -4.73. The first-order chi connectivity index (χ1) is 13.6. The second-order valence-corrected chi connectivity index (χ2v) is 8.67. The van der Waals surface area contributed by atoms with Crippen LogP contribution in [0.4, 0.5) is 0 Å². The average molecular weight is 418 g/mol. The number of hydrogen-bond acceptors (Lipinski definition) is 10. The smallest absolute Gasteiger partial charge is 0.249 e. The van der Waals surface area contributed by atoms with Crippen molar-refractivity contribution in [3.05, 3.63) is 0 Å². The molecule has 3 aliphatic rings. The molecule has 0 spiro atoms. The molecule has 11 heteroatoms. The molecule has 3 rings (SSSR count). The number of ether oxygens (including phenoxy) is 2. The van der Waals surface area contributed by atoms with E-state index in [9.17, 15) is 25.2 Å². The van der Waals surface area contributed by atoms with Gasteiger partial charge in [-0.3, -0.25) is 4.79 Å². The Bertz CT molecular complexity index is 576. The van der Waals surface area contributed by atoms with Gasteiger partial charge in [-0.2, -0.15) is 0 Å². The number of rotatable bonds is 6. The molecular weight excluding hydrogens is 384 g/mol. The third kappa shape index (κ3) is 4.89. The Hall–Kier alpha value is -0.890. The molecule has 1 aliphatic carbocycles. The van der Waals surface area contributed by atoms with Crippen molar-refractivity contribution in [2.45, 2.75) is 74.2 Å². The van der Waals surface area contributed by atoms with Gasteiger partial charge in [-0.25, -0.2) is 0 Å². The van der Waals surface area contributed by atoms with Gasteiger partial charge in [-0.1, -0.05) is 0 Å². The SMILES string of the molecule is CN[C@@H]1[C@@H](O)[C@@H](O[C@@H]2[C@@H](O)C[C@@H](N)C[C@H]2NC(=O)C(O)C2CNC2)OC[C@]1(C)O. The summed E-state index contributed by atoms with van der Waals surface area (Å²) in [5.74, 6) is -0.698. The highest BCUT2D eigenvalue weighted by Crippen LogP contribution is 2.29. The van der Waals surface area contributed by atoms with Crippen LogP contribution in [0.2, 0.25) is 0 Å². The van der Waals surface area contributed by atoms with Crippen molar-refractivity contribution in [2.24, 2.45) is 11.7 Å². The van der Waals surface area contributed by atoms with E-state index in [1.165, 1.54) is 0 Å². The number of aliphatic hydroxyl groups is 4. The van der Waals surface area contributed by atoms with Crippen LogP contribution in [-0.2, 0) is 14.3 Å². The van der Waals surface area contributed by atoms with Gasteiger partial charge < -0.3 is 51.6 Å². The van der Waals surface area contributed by atoms with Gasteiger partial charge in [-0.05, 0) is 26.8 Å². The topological polar surface area (TPSA) is 179 Å². The van der Waals surface area contributed by atoms with Crippen LogP contribution in [0.5, 0.6) is 0 Å². The molecular formula is C18H34N4O7. The zero-order chi connectivity index (χ0) is 21.3. The van der Waals surface area contributed by atoms with Gasteiger partial charge in [0.05, 0.1) is 24.8 Å². The lowest BCUT2D eigenvalue weighted by molar-refractivity contribution is -0.292. The van der Waals surface area contributed by atoms with Crippen LogP contribution < -0.4 is 21.7 Å². The maximum atomic E-state index is 12.5. The van der Waals surface area contributed by atoms with E-state index in [2.05, 4.69) is 16.0 Å². The summed E-state index contributed by atoms with van der Waals surface area (Å²) in [5, 5.41) is 50.3. The zero-order valence-corrected chi connectivity index (χ0v) is 16.8. The van der Waals surface area contributed by atoms with Gasteiger partial charge in [0.2, 0.25) is 5.91 Å². The number of hydrogen-bond donors (Lipinski definition) is 8. The minimum atomic E-state index is -1.30. The van der Waals surface area contributed by atoms with Gasteiger partial charge in [0.25, 0.3) is 0 Å². The molecule has 2 heterocycles. The number of nitrogens with one attached hydrogen (secondary N) is 3. The second-order valence-electron chi connectivity index (χ2n) is 8.67. The molecule has 1 amide bonds. The quantitative estimate of drug-likeness (QED) is 0.212. The lowest BCUT2D eigenvalue weighted by Crippen LogP contribution is -2.67. The van der Waals surface area contributed by atoms with Gasteiger partial charge in [0, 0.05) is 25.0 Å². The molecule has 0 aromatic rings. The maximum Gasteiger partial charge on any atom is 0.249 e. The van der Waals surface area contributed by atoms with Crippen LogP contribution in [0, 0.1) is 5.92 Å². The molecule has 3 fully saturated rings. The monoisotopic (exact) mass is 418 g/mol. The largest absolute Gasteiger partial charge is 0.390 e. The summed E-state index contributed by atoms with van der Waals surface area (Å²) < 4.78 is 11.4. The second kappa shape index (κ2) is 9.08. The van der Waals surface area contributed by atoms with Crippen LogP contribution in [0.15, 0.2) is 0 Å². The van der Waals surface area contributed by atoms with Gasteiger partial charge >= 0.3 is 0 Å².